The smallest absolute Gasteiger partial charge is 0.311 e. The zero-order valence-corrected chi connectivity index (χ0v) is 11.0. The average molecular weight is 272 g/mol. The van der Waals surface area contributed by atoms with Crippen LogP contribution in [0.1, 0.15) is 29.6 Å². The Morgan fingerprint density at radius 1 is 1.30 bits per heavy atom. The number of benzene rings is 1. The van der Waals surface area contributed by atoms with Crippen molar-refractivity contribution in [2.45, 2.75) is 19.3 Å². The van der Waals surface area contributed by atoms with E-state index < -0.39 is 11.4 Å². The first-order valence-electron chi connectivity index (χ1n) is 6.69. The minimum absolute atomic E-state index is 0.198. The molecule has 20 heavy (non-hydrogen) atoms. The largest absolute Gasteiger partial charge is 0.481 e. The second-order valence-electron chi connectivity index (χ2n) is 5.40. The Kier molecular flexibility index (Phi) is 2.97. The van der Waals surface area contributed by atoms with E-state index in [1.807, 2.05) is 18.3 Å². The Morgan fingerprint density at radius 2 is 2.10 bits per heavy atom. The maximum Gasteiger partial charge on any atom is 0.311 e. The number of aliphatic carboxylic acids is 1. The topological polar surface area (TPSA) is 82.2 Å². The molecule has 1 fully saturated rings. The molecule has 0 spiro atoms. The second kappa shape index (κ2) is 4.67. The summed E-state index contributed by atoms with van der Waals surface area (Å²) in [6.45, 7) is 0.198. The predicted octanol–water partition coefficient (Wildman–Crippen LogP) is 2.15. The second-order valence-corrected chi connectivity index (χ2v) is 5.40. The van der Waals surface area contributed by atoms with E-state index in [1.54, 1.807) is 12.1 Å². The summed E-state index contributed by atoms with van der Waals surface area (Å²) in [6.07, 6.45) is 4.01. The lowest BCUT2D eigenvalue weighted by molar-refractivity contribution is -0.153. The van der Waals surface area contributed by atoms with Crippen molar-refractivity contribution in [2.75, 3.05) is 6.54 Å². The Hall–Kier alpha value is -2.30. The predicted molar refractivity (Wildman–Crippen MR) is 74.6 cm³/mol. The number of carbonyl (C=O) groups excluding carboxylic acids is 1. The van der Waals surface area contributed by atoms with E-state index in [-0.39, 0.29) is 12.5 Å². The SMILES string of the molecule is O=C(NCC1(C(=O)O)CCC1)c1ccc2cc[nH]c2c1. The summed E-state index contributed by atoms with van der Waals surface area (Å²) in [6, 6.07) is 7.33. The molecule has 1 aromatic heterocycles. The van der Waals surface area contributed by atoms with Crippen molar-refractivity contribution >= 4 is 22.8 Å². The number of hydrogen-bond acceptors (Lipinski definition) is 2. The molecule has 0 radical (unpaired) electrons. The summed E-state index contributed by atoms with van der Waals surface area (Å²) in [5, 5.41) is 13.0. The number of carboxylic acid groups (broad SMARTS) is 1. The van der Waals surface area contributed by atoms with Crippen LogP contribution in [0.3, 0.4) is 0 Å². The molecule has 1 aliphatic carbocycles. The normalized spacial score (nSPS) is 16.6. The molecule has 3 rings (SSSR count). The van der Waals surface area contributed by atoms with Gasteiger partial charge in [-0.2, -0.15) is 0 Å². The van der Waals surface area contributed by atoms with Crippen LogP contribution in [0.5, 0.6) is 0 Å². The lowest BCUT2D eigenvalue weighted by Crippen LogP contribution is -2.47. The van der Waals surface area contributed by atoms with Crippen LogP contribution in [0, 0.1) is 5.41 Å². The molecule has 5 nitrogen and oxygen atoms in total. The van der Waals surface area contributed by atoms with Crippen LogP contribution in [0.15, 0.2) is 30.5 Å². The fourth-order valence-corrected chi connectivity index (χ4v) is 2.61. The standard InChI is InChI=1S/C15H16N2O3/c18-13(17-9-15(14(19)20)5-1-6-15)11-3-2-10-4-7-16-12(10)8-11/h2-4,7-8,16H,1,5-6,9H2,(H,17,18)(H,19,20). The number of carbonyl (C=O) groups is 2. The fourth-order valence-electron chi connectivity index (χ4n) is 2.61. The maximum atomic E-state index is 12.1. The molecule has 0 unspecified atom stereocenters. The van der Waals surface area contributed by atoms with Crippen molar-refractivity contribution in [3.05, 3.63) is 36.0 Å². The first kappa shape index (κ1) is 12.7. The summed E-state index contributed by atoms with van der Waals surface area (Å²) in [7, 11) is 0. The number of nitrogens with one attached hydrogen (secondary N) is 2. The molecule has 1 heterocycles. The summed E-state index contributed by atoms with van der Waals surface area (Å²) in [5.74, 6) is -1.04. The molecule has 0 aliphatic heterocycles. The Labute approximate surface area is 116 Å². The Morgan fingerprint density at radius 3 is 2.75 bits per heavy atom. The van der Waals surface area contributed by atoms with Crippen LogP contribution in [0.2, 0.25) is 0 Å². The molecule has 1 aromatic carbocycles. The highest BCUT2D eigenvalue weighted by atomic mass is 16.4. The number of H-pyrrole nitrogens is 1. The molecule has 1 amide bonds. The number of rotatable bonds is 4. The van der Waals surface area contributed by atoms with Crippen molar-refractivity contribution in [3.63, 3.8) is 0 Å². The molecule has 2 aromatic rings. The van der Waals surface area contributed by atoms with Crippen LogP contribution < -0.4 is 5.32 Å². The molecule has 5 heteroatoms. The quantitative estimate of drug-likeness (QED) is 0.797. The van der Waals surface area contributed by atoms with E-state index in [2.05, 4.69) is 10.3 Å². The summed E-state index contributed by atoms with van der Waals surface area (Å²) in [5.41, 5.74) is 0.681. The zero-order chi connectivity index (χ0) is 14.2. The van der Waals surface area contributed by atoms with Gasteiger partial charge in [-0.1, -0.05) is 12.5 Å². The third kappa shape index (κ3) is 2.05. The molecular weight excluding hydrogens is 256 g/mol. The summed E-state index contributed by atoms with van der Waals surface area (Å²) >= 11 is 0. The van der Waals surface area contributed by atoms with E-state index in [4.69, 9.17) is 0 Å². The van der Waals surface area contributed by atoms with Gasteiger partial charge in [-0.05, 0) is 36.4 Å². The molecule has 1 aliphatic rings. The monoisotopic (exact) mass is 272 g/mol. The summed E-state index contributed by atoms with van der Waals surface area (Å²) in [4.78, 5) is 26.4. The average Bonchev–Trinajstić information content (AvgIpc) is 2.83. The zero-order valence-electron chi connectivity index (χ0n) is 11.0. The molecular formula is C15H16N2O3. The Bertz CT molecular complexity index is 671. The van der Waals surface area contributed by atoms with Gasteiger partial charge in [-0.15, -0.1) is 0 Å². The number of carboxylic acids is 1. The minimum Gasteiger partial charge on any atom is -0.481 e. The highest BCUT2D eigenvalue weighted by molar-refractivity contribution is 5.98. The first-order chi connectivity index (χ1) is 9.61. The van der Waals surface area contributed by atoms with Gasteiger partial charge >= 0.3 is 5.97 Å². The highest BCUT2D eigenvalue weighted by Gasteiger charge is 2.44. The minimum atomic E-state index is -0.816. The van der Waals surface area contributed by atoms with E-state index in [1.165, 1.54) is 0 Å². The van der Waals surface area contributed by atoms with Gasteiger partial charge in [-0.25, -0.2) is 0 Å². The number of fused-ring (bicyclic) bond motifs is 1. The van der Waals surface area contributed by atoms with E-state index in [9.17, 15) is 14.7 Å². The van der Waals surface area contributed by atoms with Gasteiger partial charge in [-0.3, -0.25) is 9.59 Å². The lowest BCUT2D eigenvalue weighted by Gasteiger charge is -2.37. The van der Waals surface area contributed by atoms with Crippen LogP contribution in [-0.4, -0.2) is 28.5 Å². The third-order valence-electron chi connectivity index (χ3n) is 4.17. The van der Waals surface area contributed by atoms with Crippen molar-refractivity contribution in [3.8, 4) is 0 Å². The van der Waals surface area contributed by atoms with E-state index in [0.29, 0.717) is 18.4 Å². The molecule has 0 bridgehead atoms. The van der Waals surface area contributed by atoms with E-state index in [0.717, 1.165) is 17.3 Å². The van der Waals surface area contributed by atoms with Crippen molar-refractivity contribution < 1.29 is 14.7 Å². The highest BCUT2D eigenvalue weighted by Crippen LogP contribution is 2.40. The fraction of sp³-hybridized carbons (Fsp3) is 0.333. The van der Waals surface area contributed by atoms with Crippen LogP contribution >= 0.6 is 0 Å². The third-order valence-corrected chi connectivity index (χ3v) is 4.17. The summed E-state index contributed by atoms with van der Waals surface area (Å²) < 4.78 is 0. The van der Waals surface area contributed by atoms with Gasteiger partial charge in [0, 0.05) is 23.8 Å². The van der Waals surface area contributed by atoms with Crippen LogP contribution in [0.25, 0.3) is 10.9 Å². The molecule has 1 saturated carbocycles. The van der Waals surface area contributed by atoms with Gasteiger partial charge in [0.05, 0.1) is 5.41 Å². The molecule has 0 saturated heterocycles. The first-order valence-corrected chi connectivity index (χ1v) is 6.69. The van der Waals surface area contributed by atoms with Crippen molar-refractivity contribution in [2.24, 2.45) is 5.41 Å². The lowest BCUT2D eigenvalue weighted by atomic mass is 9.69. The molecule has 0 atom stereocenters. The van der Waals surface area contributed by atoms with E-state index >= 15 is 0 Å². The number of aromatic nitrogens is 1. The Balaban J connectivity index is 1.71. The van der Waals surface area contributed by atoms with Gasteiger partial charge in [0.2, 0.25) is 0 Å². The maximum absolute atomic E-state index is 12.1. The van der Waals surface area contributed by atoms with Crippen molar-refractivity contribution in [1.29, 1.82) is 0 Å². The van der Waals surface area contributed by atoms with Gasteiger partial charge in [0.1, 0.15) is 0 Å². The van der Waals surface area contributed by atoms with Gasteiger partial charge < -0.3 is 15.4 Å². The number of hydrogen-bond donors (Lipinski definition) is 3. The van der Waals surface area contributed by atoms with Crippen LogP contribution in [-0.2, 0) is 4.79 Å². The molecule has 104 valence electrons. The van der Waals surface area contributed by atoms with Gasteiger partial charge in [0.25, 0.3) is 5.91 Å². The molecule has 3 N–H and O–H groups in total. The van der Waals surface area contributed by atoms with Crippen LogP contribution in [0.4, 0.5) is 0 Å². The van der Waals surface area contributed by atoms with Gasteiger partial charge in [0.15, 0.2) is 0 Å². The number of amides is 1. The van der Waals surface area contributed by atoms with Crippen molar-refractivity contribution in [1.82, 2.24) is 10.3 Å². The number of aromatic amines is 1.